The summed E-state index contributed by atoms with van der Waals surface area (Å²) >= 11 is 0. The van der Waals surface area contributed by atoms with Crippen LogP contribution in [0.1, 0.15) is 24.0 Å². The molecule has 2 aromatic rings. The minimum atomic E-state index is -0.992. The van der Waals surface area contributed by atoms with E-state index < -0.39 is 6.29 Å². The van der Waals surface area contributed by atoms with Crippen molar-refractivity contribution in [1.82, 2.24) is 0 Å². The van der Waals surface area contributed by atoms with E-state index in [4.69, 9.17) is 18.9 Å². The van der Waals surface area contributed by atoms with Gasteiger partial charge in [-0.3, -0.25) is 0 Å². The average Bonchev–Trinajstić information content (AvgIpc) is 3.02. The van der Waals surface area contributed by atoms with Crippen molar-refractivity contribution in [2.24, 2.45) is 5.92 Å². The van der Waals surface area contributed by atoms with Crippen LogP contribution in [0.5, 0.6) is 28.7 Å². The maximum absolute atomic E-state index is 10.6. The van der Waals surface area contributed by atoms with E-state index in [1.54, 1.807) is 12.1 Å². The summed E-state index contributed by atoms with van der Waals surface area (Å²) in [6, 6.07) is 8.90. The molecule has 0 saturated heterocycles. The molecule has 2 aromatic carbocycles. The number of aliphatic hydroxyl groups excluding tert-OH is 1. The zero-order valence-corrected chi connectivity index (χ0v) is 13.4. The van der Waals surface area contributed by atoms with E-state index in [0.29, 0.717) is 28.6 Å². The number of ether oxygens (including phenoxy) is 4. The molecule has 0 bridgehead atoms. The fourth-order valence-corrected chi connectivity index (χ4v) is 3.38. The smallest absolute Gasteiger partial charge is 0.231 e. The van der Waals surface area contributed by atoms with Crippen molar-refractivity contribution in [3.63, 3.8) is 0 Å². The second-order valence-corrected chi connectivity index (χ2v) is 5.99. The lowest BCUT2D eigenvalue weighted by Crippen LogP contribution is -2.34. The SMILES string of the molecule is COc1cccc([C@@H]2c3cc4c(cc3O[C@H](O)[C@@H]2C)OCO4)c1O. The second kappa shape index (κ2) is 5.49. The molecule has 126 valence electrons. The molecule has 0 radical (unpaired) electrons. The molecule has 0 fully saturated rings. The summed E-state index contributed by atoms with van der Waals surface area (Å²) in [6.45, 7) is 2.03. The highest BCUT2D eigenvalue weighted by Gasteiger charge is 2.38. The number of phenols is 1. The summed E-state index contributed by atoms with van der Waals surface area (Å²) < 4.78 is 21.7. The summed E-state index contributed by atoms with van der Waals surface area (Å²) in [5, 5.41) is 20.9. The number of hydrogen-bond donors (Lipinski definition) is 2. The quantitative estimate of drug-likeness (QED) is 0.881. The molecule has 2 N–H and O–H groups in total. The van der Waals surface area contributed by atoms with Gasteiger partial charge in [0, 0.05) is 29.0 Å². The maximum atomic E-state index is 10.6. The van der Waals surface area contributed by atoms with Gasteiger partial charge in [-0.2, -0.15) is 0 Å². The van der Waals surface area contributed by atoms with Crippen LogP contribution in [0, 0.1) is 5.92 Å². The number of para-hydroxylation sites is 1. The van der Waals surface area contributed by atoms with Gasteiger partial charge in [-0.15, -0.1) is 0 Å². The normalized spacial score (nSPS) is 24.2. The van der Waals surface area contributed by atoms with Crippen LogP contribution in [-0.2, 0) is 0 Å². The highest BCUT2D eigenvalue weighted by atomic mass is 16.7. The van der Waals surface area contributed by atoms with E-state index in [1.165, 1.54) is 7.11 Å². The van der Waals surface area contributed by atoms with E-state index in [1.807, 2.05) is 25.1 Å². The molecule has 0 aromatic heterocycles. The molecule has 0 amide bonds. The Morgan fingerprint density at radius 3 is 2.58 bits per heavy atom. The van der Waals surface area contributed by atoms with Crippen molar-refractivity contribution in [3.8, 4) is 28.7 Å². The van der Waals surface area contributed by atoms with Gasteiger partial charge in [0.05, 0.1) is 7.11 Å². The van der Waals surface area contributed by atoms with Crippen LogP contribution in [-0.4, -0.2) is 30.4 Å². The van der Waals surface area contributed by atoms with Gasteiger partial charge < -0.3 is 29.2 Å². The first kappa shape index (κ1) is 15.0. The average molecular weight is 330 g/mol. The van der Waals surface area contributed by atoms with Gasteiger partial charge in [-0.1, -0.05) is 19.1 Å². The van der Waals surface area contributed by atoms with Crippen molar-refractivity contribution in [3.05, 3.63) is 41.5 Å². The molecule has 6 heteroatoms. The molecule has 4 rings (SSSR count). The van der Waals surface area contributed by atoms with Crippen molar-refractivity contribution >= 4 is 0 Å². The number of methoxy groups -OCH3 is 1. The number of rotatable bonds is 2. The van der Waals surface area contributed by atoms with Crippen molar-refractivity contribution < 1.29 is 29.2 Å². The molecule has 0 saturated carbocycles. The third kappa shape index (κ3) is 2.14. The first-order chi connectivity index (χ1) is 11.6. The zero-order valence-electron chi connectivity index (χ0n) is 13.4. The van der Waals surface area contributed by atoms with Gasteiger partial charge >= 0.3 is 0 Å². The molecule has 2 aliphatic heterocycles. The fourth-order valence-electron chi connectivity index (χ4n) is 3.38. The van der Waals surface area contributed by atoms with Crippen molar-refractivity contribution in [2.45, 2.75) is 19.1 Å². The van der Waals surface area contributed by atoms with E-state index >= 15 is 0 Å². The zero-order chi connectivity index (χ0) is 16.8. The molecule has 6 nitrogen and oxygen atoms in total. The Balaban J connectivity index is 1.89. The van der Waals surface area contributed by atoms with Crippen LogP contribution >= 0.6 is 0 Å². The van der Waals surface area contributed by atoms with Crippen LogP contribution in [0.15, 0.2) is 30.3 Å². The van der Waals surface area contributed by atoms with Gasteiger partial charge in [0.25, 0.3) is 0 Å². The molecule has 2 heterocycles. The van der Waals surface area contributed by atoms with Gasteiger partial charge in [-0.25, -0.2) is 0 Å². The Kier molecular flexibility index (Phi) is 3.42. The summed E-state index contributed by atoms with van der Waals surface area (Å²) in [5.41, 5.74) is 1.50. The number of fused-ring (bicyclic) bond motifs is 2. The number of aromatic hydroxyl groups is 1. The third-order valence-electron chi connectivity index (χ3n) is 4.65. The lowest BCUT2D eigenvalue weighted by Gasteiger charge is -2.36. The standard InChI is InChI=1S/C18H18O6/c1-9-16(10-4-3-5-12(21-2)17(10)19)11-6-14-15(23-8-22-14)7-13(11)24-18(9)20/h3-7,9,16,18-20H,8H2,1-2H3/t9-,16-,18+/m1/s1. The molecule has 0 aliphatic carbocycles. The van der Waals surface area contributed by atoms with Crippen LogP contribution in [0.25, 0.3) is 0 Å². The Bertz CT molecular complexity index is 787. The first-order valence-corrected chi connectivity index (χ1v) is 7.74. The Hall–Kier alpha value is -2.60. The molecule has 0 spiro atoms. The highest BCUT2D eigenvalue weighted by Crippen LogP contribution is 2.51. The number of phenolic OH excluding ortho intramolecular Hbond substituents is 1. The Morgan fingerprint density at radius 2 is 1.83 bits per heavy atom. The predicted molar refractivity (Wildman–Crippen MR) is 84.9 cm³/mol. The molecule has 0 unspecified atom stereocenters. The van der Waals surface area contributed by atoms with Gasteiger partial charge in [-0.05, 0) is 12.1 Å². The monoisotopic (exact) mass is 330 g/mol. The molecule has 2 aliphatic rings. The third-order valence-corrected chi connectivity index (χ3v) is 4.65. The lowest BCUT2D eigenvalue weighted by molar-refractivity contribution is -0.0730. The number of aliphatic hydroxyl groups is 1. The first-order valence-electron chi connectivity index (χ1n) is 7.74. The lowest BCUT2D eigenvalue weighted by atomic mass is 9.78. The second-order valence-electron chi connectivity index (χ2n) is 5.99. The van der Waals surface area contributed by atoms with E-state index in [2.05, 4.69) is 0 Å². The van der Waals surface area contributed by atoms with Crippen LogP contribution < -0.4 is 18.9 Å². The summed E-state index contributed by atoms with van der Waals surface area (Å²) in [7, 11) is 1.51. The minimum Gasteiger partial charge on any atom is -0.504 e. The van der Waals surface area contributed by atoms with Crippen molar-refractivity contribution in [1.29, 1.82) is 0 Å². The van der Waals surface area contributed by atoms with Crippen LogP contribution in [0.2, 0.25) is 0 Å². The van der Waals surface area contributed by atoms with Gasteiger partial charge in [0.15, 0.2) is 23.0 Å². The van der Waals surface area contributed by atoms with E-state index in [-0.39, 0.29) is 24.4 Å². The van der Waals surface area contributed by atoms with Gasteiger partial charge in [0.2, 0.25) is 13.1 Å². The minimum absolute atomic E-state index is 0.0644. The maximum Gasteiger partial charge on any atom is 0.231 e. The Morgan fingerprint density at radius 1 is 1.08 bits per heavy atom. The number of hydrogen-bond acceptors (Lipinski definition) is 6. The van der Waals surface area contributed by atoms with Gasteiger partial charge in [0.1, 0.15) is 5.75 Å². The van der Waals surface area contributed by atoms with Crippen LogP contribution in [0.4, 0.5) is 0 Å². The summed E-state index contributed by atoms with van der Waals surface area (Å²) in [5.74, 6) is 1.66. The topological polar surface area (TPSA) is 77.4 Å². The molecular formula is C18H18O6. The highest BCUT2D eigenvalue weighted by molar-refractivity contribution is 5.58. The summed E-state index contributed by atoms with van der Waals surface area (Å²) in [4.78, 5) is 0. The summed E-state index contributed by atoms with van der Waals surface area (Å²) in [6.07, 6.45) is -0.992. The van der Waals surface area contributed by atoms with E-state index in [0.717, 1.165) is 5.56 Å². The predicted octanol–water partition coefficient (Wildman–Crippen LogP) is 2.61. The van der Waals surface area contributed by atoms with Crippen molar-refractivity contribution in [2.75, 3.05) is 13.9 Å². The largest absolute Gasteiger partial charge is 0.504 e. The van der Waals surface area contributed by atoms with Crippen LogP contribution in [0.3, 0.4) is 0 Å². The molecular weight excluding hydrogens is 312 g/mol. The molecule has 24 heavy (non-hydrogen) atoms. The fraction of sp³-hybridized carbons (Fsp3) is 0.333. The molecule has 3 atom stereocenters. The van der Waals surface area contributed by atoms with E-state index in [9.17, 15) is 10.2 Å². The number of benzene rings is 2. The Labute approximate surface area is 139 Å².